The summed E-state index contributed by atoms with van der Waals surface area (Å²) in [7, 11) is 0. The number of aliphatic hydroxyl groups is 1. The number of aromatic nitrogens is 1. The maximum atomic E-state index is 13.6. The third-order valence-corrected chi connectivity index (χ3v) is 4.59. The Morgan fingerprint density at radius 3 is 2.76 bits per heavy atom. The van der Waals surface area contributed by atoms with Crippen LogP contribution in [-0.4, -0.2) is 9.67 Å². The normalized spacial score (nSPS) is 11.2. The average molecular weight is 369 g/mol. The summed E-state index contributed by atoms with van der Waals surface area (Å²) >= 11 is 9.33. The minimum Gasteiger partial charge on any atom is -0.392 e. The molecule has 0 unspecified atom stereocenters. The van der Waals surface area contributed by atoms with Gasteiger partial charge in [-0.25, -0.2) is 4.39 Å². The van der Waals surface area contributed by atoms with Gasteiger partial charge in [0.1, 0.15) is 5.82 Å². The lowest BCUT2D eigenvalue weighted by molar-refractivity contribution is 0.283. The van der Waals surface area contributed by atoms with Crippen LogP contribution in [0.1, 0.15) is 11.1 Å². The minimum atomic E-state index is -0.288. The highest BCUT2D eigenvalue weighted by Gasteiger charge is 2.11. The highest BCUT2D eigenvalue weighted by Crippen LogP contribution is 2.28. The molecule has 3 rings (SSSR count). The molecule has 0 spiro atoms. The fraction of sp³-hybridized carbons (Fsp3) is 0.125. The molecule has 1 N–H and O–H groups in total. The smallest absolute Gasteiger partial charge is 0.137 e. The van der Waals surface area contributed by atoms with Crippen LogP contribution in [-0.2, 0) is 13.2 Å². The summed E-state index contributed by atoms with van der Waals surface area (Å²) in [6, 6.07) is 10.5. The van der Waals surface area contributed by atoms with E-state index in [9.17, 15) is 9.50 Å². The molecule has 1 aromatic heterocycles. The van der Waals surface area contributed by atoms with Crippen LogP contribution in [0.5, 0.6) is 0 Å². The van der Waals surface area contributed by atoms with E-state index in [2.05, 4.69) is 15.9 Å². The van der Waals surface area contributed by atoms with Crippen molar-refractivity contribution in [1.82, 2.24) is 4.57 Å². The highest BCUT2D eigenvalue weighted by atomic mass is 79.9. The van der Waals surface area contributed by atoms with Gasteiger partial charge in [-0.1, -0.05) is 29.8 Å². The van der Waals surface area contributed by atoms with Crippen LogP contribution in [0.15, 0.2) is 47.1 Å². The molecule has 1 heterocycles. The van der Waals surface area contributed by atoms with Gasteiger partial charge in [0.15, 0.2) is 0 Å². The summed E-state index contributed by atoms with van der Waals surface area (Å²) in [4.78, 5) is 0. The average Bonchev–Trinajstić information content (AvgIpc) is 2.81. The van der Waals surface area contributed by atoms with Crippen molar-refractivity contribution in [3.8, 4) is 0 Å². The first-order valence-corrected chi connectivity index (χ1v) is 7.58. The zero-order chi connectivity index (χ0) is 15.0. The molecule has 3 aromatic rings. The largest absolute Gasteiger partial charge is 0.392 e. The van der Waals surface area contributed by atoms with E-state index < -0.39 is 0 Å². The Morgan fingerprint density at radius 1 is 1.19 bits per heavy atom. The number of benzene rings is 2. The Hall–Kier alpha value is -1.36. The van der Waals surface area contributed by atoms with Gasteiger partial charge in [0, 0.05) is 28.7 Å². The molecule has 2 aromatic carbocycles. The van der Waals surface area contributed by atoms with Crippen molar-refractivity contribution < 1.29 is 9.50 Å². The number of hydrogen-bond donors (Lipinski definition) is 1. The van der Waals surface area contributed by atoms with E-state index in [1.54, 1.807) is 12.1 Å². The van der Waals surface area contributed by atoms with E-state index in [1.165, 1.54) is 6.07 Å². The van der Waals surface area contributed by atoms with Crippen molar-refractivity contribution in [2.24, 2.45) is 0 Å². The van der Waals surface area contributed by atoms with E-state index >= 15 is 0 Å². The zero-order valence-electron chi connectivity index (χ0n) is 11.0. The molecule has 0 saturated heterocycles. The fourth-order valence-electron chi connectivity index (χ4n) is 2.45. The third kappa shape index (κ3) is 2.71. The Morgan fingerprint density at radius 2 is 2.00 bits per heavy atom. The standard InChI is InChI=1S/C16H12BrClFNO/c17-16-10(2-1-3-14(16)19)7-20-8-11(9-21)13-5-4-12(18)6-15(13)20/h1-6,8,21H,7,9H2. The van der Waals surface area contributed by atoms with Crippen molar-refractivity contribution in [2.45, 2.75) is 13.2 Å². The minimum absolute atomic E-state index is 0.0462. The molecular weight excluding hydrogens is 357 g/mol. The van der Waals surface area contributed by atoms with Crippen LogP contribution in [0.4, 0.5) is 4.39 Å². The number of hydrogen-bond acceptors (Lipinski definition) is 1. The molecule has 108 valence electrons. The molecule has 0 aliphatic carbocycles. The maximum absolute atomic E-state index is 13.6. The monoisotopic (exact) mass is 367 g/mol. The molecule has 0 saturated carbocycles. The molecule has 0 fully saturated rings. The van der Waals surface area contributed by atoms with Crippen LogP contribution < -0.4 is 0 Å². The first-order valence-electron chi connectivity index (χ1n) is 6.41. The summed E-state index contributed by atoms with van der Waals surface area (Å²) in [5, 5.41) is 11.0. The van der Waals surface area contributed by atoms with E-state index in [1.807, 2.05) is 29.0 Å². The van der Waals surface area contributed by atoms with Crippen LogP contribution in [0.25, 0.3) is 10.9 Å². The van der Waals surface area contributed by atoms with Crippen molar-refractivity contribution >= 4 is 38.4 Å². The lowest BCUT2D eigenvalue weighted by Gasteiger charge is -2.08. The van der Waals surface area contributed by atoms with Crippen molar-refractivity contribution in [3.63, 3.8) is 0 Å². The lowest BCUT2D eigenvalue weighted by atomic mass is 10.2. The Labute approximate surface area is 134 Å². The predicted molar refractivity (Wildman–Crippen MR) is 86.1 cm³/mol. The SMILES string of the molecule is OCc1cn(Cc2cccc(F)c2Br)c2cc(Cl)ccc12. The number of halogens is 3. The van der Waals surface area contributed by atoms with Gasteiger partial charge in [-0.15, -0.1) is 0 Å². The maximum Gasteiger partial charge on any atom is 0.137 e. The van der Waals surface area contributed by atoms with Gasteiger partial charge in [-0.05, 0) is 39.7 Å². The van der Waals surface area contributed by atoms with Crippen molar-refractivity contribution in [3.05, 3.63) is 69.0 Å². The van der Waals surface area contributed by atoms with Gasteiger partial charge < -0.3 is 9.67 Å². The summed E-state index contributed by atoms with van der Waals surface area (Å²) < 4.78 is 16.0. The molecule has 21 heavy (non-hydrogen) atoms. The molecule has 0 aliphatic heterocycles. The van der Waals surface area contributed by atoms with E-state index in [0.717, 1.165) is 22.0 Å². The summed E-state index contributed by atoms with van der Waals surface area (Å²) in [6.45, 7) is 0.449. The van der Waals surface area contributed by atoms with Gasteiger partial charge in [-0.3, -0.25) is 0 Å². The predicted octanol–water partition coefficient (Wildman–Crippen LogP) is 4.74. The molecule has 0 atom stereocenters. The van der Waals surface area contributed by atoms with Gasteiger partial charge >= 0.3 is 0 Å². The van der Waals surface area contributed by atoms with Gasteiger partial charge in [0.05, 0.1) is 16.6 Å². The molecule has 2 nitrogen and oxygen atoms in total. The van der Waals surface area contributed by atoms with Crippen LogP contribution in [0, 0.1) is 5.82 Å². The molecule has 0 aliphatic rings. The van der Waals surface area contributed by atoms with Crippen molar-refractivity contribution in [1.29, 1.82) is 0 Å². The number of nitrogens with zero attached hydrogens (tertiary/aromatic N) is 1. The zero-order valence-corrected chi connectivity index (χ0v) is 13.3. The summed E-state index contributed by atoms with van der Waals surface area (Å²) in [6.07, 6.45) is 1.87. The second-order valence-electron chi connectivity index (χ2n) is 4.81. The first kappa shape index (κ1) is 14.6. The molecule has 0 bridgehead atoms. The second kappa shape index (κ2) is 5.79. The van der Waals surface area contributed by atoms with E-state index in [-0.39, 0.29) is 12.4 Å². The molecular formula is C16H12BrClFNO. The highest BCUT2D eigenvalue weighted by molar-refractivity contribution is 9.10. The number of aliphatic hydroxyl groups excluding tert-OH is 1. The fourth-order valence-corrected chi connectivity index (χ4v) is 3.01. The summed E-state index contributed by atoms with van der Waals surface area (Å²) in [5.41, 5.74) is 2.58. The second-order valence-corrected chi connectivity index (χ2v) is 6.04. The molecule has 5 heteroatoms. The van der Waals surface area contributed by atoms with Crippen LogP contribution in [0.2, 0.25) is 5.02 Å². The third-order valence-electron chi connectivity index (χ3n) is 3.47. The van der Waals surface area contributed by atoms with Gasteiger partial charge in [0.25, 0.3) is 0 Å². The van der Waals surface area contributed by atoms with E-state index in [0.29, 0.717) is 16.0 Å². The quantitative estimate of drug-likeness (QED) is 0.710. The Balaban J connectivity index is 2.12. The molecule has 0 amide bonds. The Bertz CT molecular complexity index is 815. The molecule has 0 radical (unpaired) electrons. The van der Waals surface area contributed by atoms with Crippen LogP contribution in [0.3, 0.4) is 0 Å². The number of rotatable bonds is 3. The number of fused-ring (bicyclic) bond motifs is 1. The summed E-state index contributed by atoms with van der Waals surface area (Å²) in [5.74, 6) is -0.288. The topological polar surface area (TPSA) is 25.2 Å². The van der Waals surface area contributed by atoms with Crippen LogP contribution >= 0.6 is 27.5 Å². The lowest BCUT2D eigenvalue weighted by Crippen LogP contribution is -2.00. The van der Waals surface area contributed by atoms with Gasteiger partial charge in [-0.2, -0.15) is 0 Å². The Kier molecular flexibility index (Phi) is 4.02. The van der Waals surface area contributed by atoms with E-state index in [4.69, 9.17) is 11.6 Å². The first-order chi connectivity index (χ1) is 10.1. The van der Waals surface area contributed by atoms with Crippen molar-refractivity contribution in [2.75, 3.05) is 0 Å². The van der Waals surface area contributed by atoms with Gasteiger partial charge in [0.2, 0.25) is 0 Å².